The number of nitrogens with two attached hydrogens (primary N) is 1. The van der Waals surface area contributed by atoms with Crippen LogP contribution in [0, 0.1) is 5.41 Å². The average Bonchev–Trinajstić information content (AvgIpc) is 2.38. The van der Waals surface area contributed by atoms with Gasteiger partial charge in [-0.25, -0.2) is 0 Å². The maximum absolute atomic E-state index is 7.75. The van der Waals surface area contributed by atoms with Crippen molar-refractivity contribution in [2.75, 3.05) is 32.1 Å². The van der Waals surface area contributed by atoms with Crippen molar-refractivity contribution in [3.63, 3.8) is 0 Å². The Hall–Kier alpha value is -1.07. The average molecular weight is 325 g/mol. The van der Waals surface area contributed by atoms with E-state index < -0.39 is 0 Å². The molecule has 0 bridgehead atoms. The predicted molar refractivity (Wildman–Crippen MR) is 84.1 cm³/mol. The van der Waals surface area contributed by atoms with E-state index in [0.717, 1.165) is 28.8 Å². The highest BCUT2D eigenvalue weighted by atomic mass is 79.9. The van der Waals surface area contributed by atoms with E-state index in [1.807, 2.05) is 12.1 Å². The number of anilines is 1. The Morgan fingerprint density at radius 3 is 2.84 bits per heavy atom. The molecule has 1 unspecified atom stereocenters. The van der Waals surface area contributed by atoms with Crippen LogP contribution in [0.1, 0.15) is 18.4 Å². The van der Waals surface area contributed by atoms with Gasteiger partial charge < -0.3 is 15.5 Å². The van der Waals surface area contributed by atoms with Crippen molar-refractivity contribution in [3.05, 3.63) is 28.2 Å². The third-order valence-electron chi connectivity index (χ3n) is 3.72. The fourth-order valence-corrected chi connectivity index (χ4v) is 2.96. The molecule has 0 saturated carbocycles. The maximum Gasteiger partial charge on any atom is 0.124 e. The van der Waals surface area contributed by atoms with Crippen molar-refractivity contribution >= 4 is 27.5 Å². The number of piperidine rings is 1. The summed E-state index contributed by atoms with van der Waals surface area (Å²) in [6.07, 6.45) is 2.41. The molecule has 0 amide bonds. The van der Waals surface area contributed by atoms with Crippen molar-refractivity contribution in [2.24, 2.45) is 5.73 Å². The number of halogens is 1. The molecule has 1 atom stereocenters. The molecule has 0 spiro atoms. The summed E-state index contributed by atoms with van der Waals surface area (Å²) in [7, 11) is 4.25. The van der Waals surface area contributed by atoms with E-state index in [-0.39, 0.29) is 5.84 Å². The van der Waals surface area contributed by atoms with Gasteiger partial charge in [0.25, 0.3) is 0 Å². The Labute approximate surface area is 123 Å². The van der Waals surface area contributed by atoms with Crippen LogP contribution in [0.15, 0.2) is 22.7 Å². The monoisotopic (exact) mass is 324 g/mol. The predicted octanol–water partition coefficient (Wildman–Crippen LogP) is 2.26. The second kappa shape index (κ2) is 5.92. The van der Waals surface area contributed by atoms with Gasteiger partial charge in [-0.05, 0) is 45.1 Å². The molecule has 0 aliphatic carbocycles. The van der Waals surface area contributed by atoms with Gasteiger partial charge in [0.2, 0.25) is 0 Å². The second-order valence-electron chi connectivity index (χ2n) is 5.28. The van der Waals surface area contributed by atoms with Gasteiger partial charge in [-0.15, -0.1) is 0 Å². The smallest absolute Gasteiger partial charge is 0.124 e. The molecule has 1 aromatic rings. The summed E-state index contributed by atoms with van der Waals surface area (Å²) in [4.78, 5) is 4.62. The number of likely N-dealkylation sites (N-methyl/N-ethyl adjacent to an activating group) is 1. The third kappa shape index (κ3) is 3.28. The SMILES string of the molecule is CN(C)C1CCCN(c2ccc(Br)cc2C(=N)N)C1. The van der Waals surface area contributed by atoms with Gasteiger partial charge in [-0.2, -0.15) is 0 Å². The lowest BCUT2D eigenvalue weighted by Crippen LogP contribution is -2.45. The summed E-state index contributed by atoms with van der Waals surface area (Å²) in [5.74, 6) is 0.128. The van der Waals surface area contributed by atoms with E-state index in [4.69, 9.17) is 11.1 Å². The van der Waals surface area contributed by atoms with E-state index in [0.29, 0.717) is 6.04 Å². The number of amidine groups is 1. The highest BCUT2D eigenvalue weighted by molar-refractivity contribution is 9.10. The first kappa shape index (κ1) is 14.3. The van der Waals surface area contributed by atoms with Crippen molar-refractivity contribution < 1.29 is 0 Å². The minimum Gasteiger partial charge on any atom is -0.384 e. The molecule has 0 radical (unpaired) electrons. The molecule has 1 heterocycles. The molecule has 19 heavy (non-hydrogen) atoms. The van der Waals surface area contributed by atoms with Crippen LogP contribution in [0.2, 0.25) is 0 Å². The molecule has 2 rings (SSSR count). The molecule has 1 fully saturated rings. The number of nitrogens with one attached hydrogen (secondary N) is 1. The number of hydrogen-bond acceptors (Lipinski definition) is 3. The zero-order valence-corrected chi connectivity index (χ0v) is 13.1. The van der Waals surface area contributed by atoms with E-state index in [9.17, 15) is 0 Å². The normalized spacial score (nSPS) is 19.8. The van der Waals surface area contributed by atoms with Crippen LogP contribution in [-0.4, -0.2) is 44.0 Å². The molecule has 1 aromatic carbocycles. The minimum atomic E-state index is 0.128. The molecular formula is C14H21BrN4. The van der Waals surface area contributed by atoms with Crippen LogP contribution in [0.4, 0.5) is 5.69 Å². The zero-order chi connectivity index (χ0) is 14.0. The Balaban J connectivity index is 2.28. The van der Waals surface area contributed by atoms with Gasteiger partial charge >= 0.3 is 0 Å². The quantitative estimate of drug-likeness (QED) is 0.662. The third-order valence-corrected chi connectivity index (χ3v) is 4.21. The van der Waals surface area contributed by atoms with Gasteiger partial charge in [0, 0.05) is 34.9 Å². The fourth-order valence-electron chi connectivity index (χ4n) is 2.59. The van der Waals surface area contributed by atoms with Crippen molar-refractivity contribution in [1.82, 2.24) is 4.90 Å². The summed E-state index contributed by atoms with van der Waals surface area (Å²) >= 11 is 3.44. The van der Waals surface area contributed by atoms with Gasteiger partial charge in [-0.1, -0.05) is 15.9 Å². The van der Waals surface area contributed by atoms with E-state index in [2.05, 4.69) is 45.9 Å². The molecular weight excluding hydrogens is 304 g/mol. The summed E-state index contributed by atoms with van der Waals surface area (Å²) in [6.45, 7) is 2.03. The van der Waals surface area contributed by atoms with Gasteiger partial charge in [-0.3, -0.25) is 5.41 Å². The highest BCUT2D eigenvalue weighted by Gasteiger charge is 2.23. The molecule has 1 saturated heterocycles. The van der Waals surface area contributed by atoms with E-state index >= 15 is 0 Å². The molecule has 1 aliphatic heterocycles. The first-order chi connectivity index (χ1) is 8.99. The second-order valence-corrected chi connectivity index (χ2v) is 6.20. The van der Waals surface area contributed by atoms with Crippen LogP contribution < -0.4 is 10.6 Å². The molecule has 1 aliphatic rings. The molecule has 5 heteroatoms. The largest absolute Gasteiger partial charge is 0.384 e. The molecule has 3 N–H and O–H groups in total. The van der Waals surface area contributed by atoms with Gasteiger partial charge in [0.1, 0.15) is 5.84 Å². The number of nitrogens with zero attached hydrogens (tertiary/aromatic N) is 2. The molecule has 104 valence electrons. The van der Waals surface area contributed by atoms with E-state index in [1.165, 1.54) is 12.8 Å². The maximum atomic E-state index is 7.75. The lowest BCUT2D eigenvalue weighted by molar-refractivity contribution is 0.258. The Kier molecular flexibility index (Phi) is 4.47. The highest BCUT2D eigenvalue weighted by Crippen LogP contribution is 2.27. The Morgan fingerprint density at radius 2 is 2.21 bits per heavy atom. The minimum absolute atomic E-state index is 0.128. The van der Waals surface area contributed by atoms with Crippen LogP contribution in [-0.2, 0) is 0 Å². The Morgan fingerprint density at radius 1 is 1.47 bits per heavy atom. The summed E-state index contributed by atoms with van der Waals surface area (Å²) in [5.41, 5.74) is 7.60. The van der Waals surface area contributed by atoms with Crippen molar-refractivity contribution in [3.8, 4) is 0 Å². The first-order valence-electron chi connectivity index (χ1n) is 6.54. The van der Waals surface area contributed by atoms with Crippen LogP contribution in [0.5, 0.6) is 0 Å². The summed E-state index contributed by atoms with van der Waals surface area (Å²) in [5, 5.41) is 7.75. The first-order valence-corrected chi connectivity index (χ1v) is 7.33. The Bertz CT molecular complexity index is 473. The van der Waals surface area contributed by atoms with Crippen molar-refractivity contribution in [1.29, 1.82) is 5.41 Å². The van der Waals surface area contributed by atoms with Crippen molar-refractivity contribution in [2.45, 2.75) is 18.9 Å². The van der Waals surface area contributed by atoms with Crippen LogP contribution >= 0.6 is 15.9 Å². The number of hydrogen-bond donors (Lipinski definition) is 2. The molecule has 4 nitrogen and oxygen atoms in total. The number of rotatable bonds is 3. The standard InChI is InChI=1S/C14H21BrN4/c1-18(2)11-4-3-7-19(9-11)13-6-5-10(15)8-12(13)14(16)17/h5-6,8,11H,3-4,7,9H2,1-2H3,(H3,16,17). The summed E-state index contributed by atoms with van der Waals surface area (Å²) in [6, 6.07) is 6.56. The zero-order valence-electron chi connectivity index (χ0n) is 11.5. The topological polar surface area (TPSA) is 56.4 Å². The number of nitrogen functional groups attached to an aromatic ring is 1. The van der Waals surface area contributed by atoms with Gasteiger partial charge in [0.15, 0.2) is 0 Å². The van der Waals surface area contributed by atoms with E-state index in [1.54, 1.807) is 0 Å². The molecule has 0 aromatic heterocycles. The lowest BCUT2D eigenvalue weighted by Gasteiger charge is -2.38. The van der Waals surface area contributed by atoms with Gasteiger partial charge in [0.05, 0.1) is 0 Å². The lowest BCUT2D eigenvalue weighted by atomic mass is 10.0. The fraction of sp³-hybridized carbons (Fsp3) is 0.500. The van der Waals surface area contributed by atoms with Crippen LogP contribution in [0.3, 0.4) is 0 Å². The van der Waals surface area contributed by atoms with Crippen LogP contribution in [0.25, 0.3) is 0 Å². The number of benzene rings is 1. The summed E-state index contributed by atoms with van der Waals surface area (Å²) < 4.78 is 0.961.